The lowest BCUT2D eigenvalue weighted by molar-refractivity contribution is 0.292. The number of rotatable bonds is 5. The Bertz CT molecular complexity index is 730. The molecular formula is C17H21IN6. The van der Waals surface area contributed by atoms with E-state index in [0.29, 0.717) is 0 Å². The molecule has 126 valence electrons. The van der Waals surface area contributed by atoms with Crippen molar-refractivity contribution in [3.63, 3.8) is 0 Å². The van der Waals surface area contributed by atoms with E-state index in [-0.39, 0.29) is 12.0 Å². The van der Waals surface area contributed by atoms with Gasteiger partial charge in [-0.2, -0.15) is 5.10 Å². The van der Waals surface area contributed by atoms with Crippen molar-refractivity contribution in [2.75, 3.05) is 6.54 Å². The van der Waals surface area contributed by atoms with Gasteiger partial charge in [-0.15, -0.1) is 5.10 Å². The molecule has 1 unspecified atom stereocenters. The van der Waals surface area contributed by atoms with Gasteiger partial charge in [0, 0.05) is 39.9 Å². The predicted molar refractivity (Wildman–Crippen MR) is 106 cm³/mol. The molecule has 1 atom stereocenters. The lowest BCUT2D eigenvalue weighted by Crippen LogP contribution is -2.31. The number of likely N-dealkylation sites (tertiary alicyclic amines) is 1. The van der Waals surface area contributed by atoms with Gasteiger partial charge in [0.15, 0.2) is 0 Å². The third kappa shape index (κ3) is 4.15. The first-order chi connectivity index (χ1) is 11.6. The highest BCUT2D eigenvalue weighted by atomic mass is 127. The van der Waals surface area contributed by atoms with Gasteiger partial charge in [-0.1, -0.05) is 0 Å². The Balaban J connectivity index is 1.74. The minimum absolute atomic E-state index is 0.0108. The number of nitrogens with two attached hydrogens (primary N) is 2. The van der Waals surface area contributed by atoms with Crippen LogP contribution in [0.5, 0.6) is 0 Å². The topological polar surface area (TPSA) is 84.9 Å². The summed E-state index contributed by atoms with van der Waals surface area (Å²) in [4.78, 5) is 2.41. The maximum Gasteiger partial charge on any atom is 0.211 e. The molecule has 0 radical (unpaired) electrons. The van der Waals surface area contributed by atoms with E-state index < -0.39 is 0 Å². The van der Waals surface area contributed by atoms with Crippen molar-refractivity contribution < 1.29 is 0 Å². The molecule has 0 spiro atoms. The summed E-state index contributed by atoms with van der Waals surface area (Å²) in [6.45, 7) is 1.92. The monoisotopic (exact) mass is 436 g/mol. The highest BCUT2D eigenvalue weighted by Crippen LogP contribution is 2.21. The van der Waals surface area contributed by atoms with Gasteiger partial charge >= 0.3 is 0 Å². The summed E-state index contributed by atoms with van der Waals surface area (Å²) < 4.78 is 3.47. The third-order valence-corrected chi connectivity index (χ3v) is 4.85. The summed E-state index contributed by atoms with van der Waals surface area (Å²) in [6, 6.07) is 13.1. The fourth-order valence-corrected chi connectivity index (χ4v) is 3.36. The molecule has 0 bridgehead atoms. The van der Waals surface area contributed by atoms with E-state index in [2.05, 4.69) is 84.9 Å². The van der Waals surface area contributed by atoms with E-state index in [9.17, 15) is 0 Å². The summed E-state index contributed by atoms with van der Waals surface area (Å²) in [5, 5.41) is 7.69. The SMILES string of the molecule is NC(N)=N/N=C/C1CCCN1Cc1cccn1-c1ccc(I)cc1. The normalized spacial score (nSPS) is 18.3. The summed E-state index contributed by atoms with van der Waals surface area (Å²) in [5.41, 5.74) is 13.1. The van der Waals surface area contributed by atoms with Gasteiger partial charge < -0.3 is 16.0 Å². The van der Waals surface area contributed by atoms with Gasteiger partial charge in [-0.25, -0.2) is 0 Å². The molecule has 2 heterocycles. The van der Waals surface area contributed by atoms with Crippen molar-refractivity contribution in [2.45, 2.75) is 25.4 Å². The molecule has 4 N–H and O–H groups in total. The van der Waals surface area contributed by atoms with E-state index in [1.54, 1.807) is 0 Å². The van der Waals surface area contributed by atoms with Gasteiger partial charge in [0.1, 0.15) is 0 Å². The van der Waals surface area contributed by atoms with E-state index in [4.69, 9.17) is 11.5 Å². The van der Waals surface area contributed by atoms with Crippen LogP contribution in [0.3, 0.4) is 0 Å². The lowest BCUT2D eigenvalue weighted by Gasteiger charge is -2.22. The molecule has 7 heteroatoms. The number of guanidine groups is 1. The van der Waals surface area contributed by atoms with Crippen molar-refractivity contribution in [1.82, 2.24) is 9.47 Å². The smallest absolute Gasteiger partial charge is 0.211 e. The van der Waals surface area contributed by atoms with Gasteiger partial charge in [0.2, 0.25) is 5.96 Å². The fourth-order valence-electron chi connectivity index (χ4n) is 3.00. The zero-order valence-electron chi connectivity index (χ0n) is 13.3. The van der Waals surface area contributed by atoms with Gasteiger partial charge in [-0.05, 0) is 78.4 Å². The minimum atomic E-state index is -0.0108. The number of hydrogen-bond donors (Lipinski definition) is 2. The number of aromatic nitrogens is 1. The predicted octanol–water partition coefficient (Wildman–Crippen LogP) is 2.31. The highest BCUT2D eigenvalue weighted by Gasteiger charge is 2.24. The number of benzene rings is 1. The van der Waals surface area contributed by atoms with E-state index in [1.807, 2.05) is 6.21 Å². The van der Waals surface area contributed by atoms with Crippen LogP contribution in [0.4, 0.5) is 0 Å². The molecule has 1 saturated heterocycles. The third-order valence-electron chi connectivity index (χ3n) is 4.13. The van der Waals surface area contributed by atoms with Crippen molar-refractivity contribution in [3.8, 4) is 5.69 Å². The fraction of sp³-hybridized carbons (Fsp3) is 0.294. The number of nitrogens with zero attached hydrogens (tertiary/aromatic N) is 4. The largest absolute Gasteiger partial charge is 0.369 e. The van der Waals surface area contributed by atoms with E-state index in [0.717, 1.165) is 25.9 Å². The first-order valence-corrected chi connectivity index (χ1v) is 8.99. The van der Waals surface area contributed by atoms with E-state index in [1.165, 1.54) is 15.0 Å². The molecule has 2 aromatic rings. The van der Waals surface area contributed by atoms with Gasteiger partial charge in [0.05, 0.1) is 0 Å². The Kier molecular flexibility index (Phi) is 5.52. The number of hydrogen-bond acceptors (Lipinski definition) is 3. The molecule has 1 fully saturated rings. The van der Waals surface area contributed by atoms with Crippen LogP contribution in [0.25, 0.3) is 5.69 Å². The van der Waals surface area contributed by atoms with Crippen molar-refractivity contribution in [1.29, 1.82) is 0 Å². The quantitative estimate of drug-likeness (QED) is 0.327. The summed E-state index contributed by atoms with van der Waals surface area (Å²) in [7, 11) is 0. The summed E-state index contributed by atoms with van der Waals surface area (Å²) >= 11 is 2.32. The minimum Gasteiger partial charge on any atom is -0.369 e. The molecule has 0 saturated carbocycles. The van der Waals surface area contributed by atoms with Crippen LogP contribution in [0.1, 0.15) is 18.5 Å². The second kappa shape index (κ2) is 7.80. The molecule has 24 heavy (non-hydrogen) atoms. The van der Waals surface area contributed by atoms with E-state index >= 15 is 0 Å². The van der Waals surface area contributed by atoms with Crippen LogP contribution in [0.15, 0.2) is 52.8 Å². The van der Waals surface area contributed by atoms with Crippen LogP contribution < -0.4 is 11.5 Å². The van der Waals surface area contributed by atoms with Crippen LogP contribution in [0, 0.1) is 3.57 Å². The lowest BCUT2D eigenvalue weighted by atomic mass is 10.2. The molecule has 3 rings (SSSR count). The Morgan fingerprint density at radius 2 is 2.04 bits per heavy atom. The Labute approximate surface area is 155 Å². The summed E-state index contributed by atoms with van der Waals surface area (Å²) in [6.07, 6.45) is 6.18. The second-order valence-corrected chi connectivity index (χ2v) is 7.06. The molecule has 1 aliphatic rings. The molecule has 1 aromatic heterocycles. The Morgan fingerprint density at radius 1 is 1.25 bits per heavy atom. The first kappa shape index (κ1) is 17.0. The number of halogens is 1. The molecule has 1 aromatic carbocycles. The van der Waals surface area contributed by atoms with Crippen molar-refractivity contribution in [3.05, 3.63) is 51.9 Å². The average molecular weight is 436 g/mol. The molecule has 6 nitrogen and oxygen atoms in total. The zero-order valence-corrected chi connectivity index (χ0v) is 15.5. The maximum atomic E-state index is 5.31. The van der Waals surface area contributed by atoms with Crippen LogP contribution in [-0.4, -0.2) is 34.2 Å². The molecular weight excluding hydrogens is 415 g/mol. The maximum absolute atomic E-state index is 5.31. The van der Waals surface area contributed by atoms with Gasteiger partial charge in [0.25, 0.3) is 0 Å². The molecule has 0 aliphatic carbocycles. The first-order valence-electron chi connectivity index (χ1n) is 7.92. The highest BCUT2D eigenvalue weighted by molar-refractivity contribution is 14.1. The van der Waals surface area contributed by atoms with Crippen LogP contribution in [0.2, 0.25) is 0 Å². The molecule has 0 amide bonds. The van der Waals surface area contributed by atoms with Crippen LogP contribution >= 0.6 is 22.6 Å². The zero-order chi connectivity index (χ0) is 16.9. The van der Waals surface area contributed by atoms with Crippen molar-refractivity contribution >= 4 is 34.8 Å². The van der Waals surface area contributed by atoms with Crippen LogP contribution in [-0.2, 0) is 6.54 Å². The second-order valence-electron chi connectivity index (χ2n) is 5.82. The van der Waals surface area contributed by atoms with Crippen molar-refractivity contribution in [2.24, 2.45) is 21.7 Å². The molecule has 1 aliphatic heterocycles. The Hall–Kier alpha value is -1.87. The Morgan fingerprint density at radius 3 is 2.79 bits per heavy atom. The van der Waals surface area contributed by atoms with Gasteiger partial charge in [-0.3, -0.25) is 4.90 Å². The standard InChI is InChI=1S/C17H21IN6/c18-13-5-7-14(8-6-13)24-10-2-4-16(24)12-23-9-1-3-15(23)11-21-22-17(19)20/h2,4-8,10-11,15H,1,3,9,12H2,(H4,19,20,22)/b21-11+. The average Bonchev–Trinajstić information content (AvgIpc) is 3.18. The summed E-state index contributed by atoms with van der Waals surface area (Å²) in [5.74, 6) is -0.0108.